The molecule has 0 spiro atoms. The number of carboxylic acid groups (broad SMARTS) is 1. The topological polar surface area (TPSA) is 59.3 Å². The summed E-state index contributed by atoms with van der Waals surface area (Å²) < 4.78 is 2.51. The lowest BCUT2D eigenvalue weighted by molar-refractivity contribution is -0.150. The van der Waals surface area contributed by atoms with Gasteiger partial charge >= 0.3 is 5.97 Å². The number of aliphatic carboxylic acids is 1. The highest BCUT2D eigenvalue weighted by atomic mass is 127. The molecule has 0 saturated carbocycles. The van der Waals surface area contributed by atoms with Gasteiger partial charge in [0.05, 0.1) is 5.41 Å². The monoisotopic (exact) mass is 393 g/mol. The molecule has 0 aliphatic carbocycles. The van der Waals surface area contributed by atoms with Crippen LogP contribution in [-0.4, -0.2) is 27.1 Å². The number of aromatic nitrogens is 1. The van der Waals surface area contributed by atoms with Gasteiger partial charge in [0.2, 0.25) is 0 Å². The van der Waals surface area contributed by atoms with E-state index in [0.717, 1.165) is 15.1 Å². The van der Waals surface area contributed by atoms with Crippen LogP contribution in [0.1, 0.15) is 19.3 Å². The van der Waals surface area contributed by atoms with Crippen molar-refractivity contribution in [2.24, 2.45) is 5.41 Å². The molecule has 1 aliphatic rings. The summed E-state index contributed by atoms with van der Waals surface area (Å²) in [5.74, 6) is 1.08. The first kappa shape index (κ1) is 14.9. The molecule has 1 N–H and O–H groups in total. The lowest BCUT2D eigenvalue weighted by Crippen LogP contribution is -2.37. The van der Waals surface area contributed by atoms with Crippen molar-refractivity contribution < 1.29 is 9.90 Å². The van der Waals surface area contributed by atoms with Gasteiger partial charge in [-0.05, 0) is 59.4 Å². The van der Waals surface area contributed by atoms with E-state index in [2.05, 4.69) is 22.6 Å². The van der Waals surface area contributed by atoms with Gasteiger partial charge in [-0.1, -0.05) is 0 Å². The molecule has 0 bridgehead atoms. The van der Waals surface area contributed by atoms with Crippen LogP contribution in [0.15, 0.2) is 23.1 Å². The van der Waals surface area contributed by atoms with E-state index in [1.165, 1.54) is 0 Å². The highest BCUT2D eigenvalue weighted by Crippen LogP contribution is 2.38. The Morgan fingerprint density at radius 1 is 1.47 bits per heavy atom. The van der Waals surface area contributed by atoms with E-state index in [9.17, 15) is 14.7 Å². The molecule has 2 rings (SSSR count). The fourth-order valence-electron chi connectivity index (χ4n) is 2.34. The Morgan fingerprint density at radius 2 is 2.16 bits per heavy atom. The number of pyridine rings is 1. The Labute approximate surface area is 129 Å². The Hall–Kier alpha value is -0.500. The van der Waals surface area contributed by atoms with Crippen LogP contribution in [0.4, 0.5) is 0 Å². The molecule has 0 unspecified atom stereocenters. The Kier molecular flexibility index (Phi) is 4.94. The van der Waals surface area contributed by atoms with E-state index >= 15 is 0 Å². The fraction of sp³-hybridized carbons (Fsp3) is 0.538. The van der Waals surface area contributed by atoms with Crippen molar-refractivity contribution in [2.75, 3.05) is 11.5 Å². The zero-order chi connectivity index (χ0) is 13.9. The lowest BCUT2D eigenvalue weighted by Gasteiger charge is -2.33. The standard InChI is InChI=1S/C13H16INO3S/c14-10-1-5-15(11(16)9-10)6-2-13(12(17)18)3-7-19-8-4-13/h1,5,9H,2-4,6-8H2,(H,17,18). The SMILES string of the molecule is O=C(O)C1(CCn2ccc(I)cc2=O)CCSCC1. The van der Waals surface area contributed by atoms with E-state index in [4.69, 9.17) is 0 Å². The smallest absolute Gasteiger partial charge is 0.309 e. The fourth-order valence-corrected chi connectivity index (χ4v) is 4.04. The number of hydrogen-bond donors (Lipinski definition) is 1. The highest BCUT2D eigenvalue weighted by molar-refractivity contribution is 14.1. The van der Waals surface area contributed by atoms with Gasteiger partial charge in [0.15, 0.2) is 0 Å². The van der Waals surface area contributed by atoms with Crippen molar-refractivity contribution in [3.05, 3.63) is 32.3 Å². The third-order valence-corrected chi connectivity index (χ3v) is 5.35. The van der Waals surface area contributed by atoms with Crippen LogP contribution in [0.3, 0.4) is 0 Å². The second-order valence-electron chi connectivity index (χ2n) is 4.82. The summed E-state index contributed by atoms with van der Waals surface area (Å²) in [5, 5.41) is 9.48. The number of aryl methyl sites for hydroxylation is 1. The van der Waals surface area contributed by atoms with Gasteiger partial charge in [0.1, 0.15) is 0 Å². The maximum Gasteiger partial charge on any atom is 0.309 e. The van der Waals surface area contributed by atoms with Crippen molar-refractivity contribution in [3.63, 3.8) is 0 Å². The van der Waals surface area contributed by atoms with Crippen molar-refractivity contribution in [1.82, 2.24) is 4.57 Å². The molecule has 6 heteroatoms. The Bertz CT molecular complexity index is 523. The third kappa shape index (κ3) is 3.53. The molecule has 2 heterocycles. The van der Waals surface area contributed by atoms with E-state index in [-0.39, 0.29) is 5.56 Å². The van der Waals surface area contributed by atoms with Crippen molar-refractivity contribution in [1.29, 1.82) is 0 Å². The van der Waals surface area contributed by atoms with Gasteiger partial charge in [0.25, 0.3) is 5.56 Å². The molecule has 1 saturated heterocycles. The molecule has 1 fully saturated rings. The molecular weight excluding hydrogens is 377 g/mol. The van der Waals surface area contributed by atoms with Crippen molar-refractivity contribution >= 4 is 40.3 Å². The summed E-state index contributed by atoms with van der Waals surface area (Å²) in [6, 6.07) is 3.44. The van der Waals surface area contributed by atoms with Gasteiger partial charge in [-0.2, -0.15) is 11.8 Å². The van der Waals surface area contributed by atoms with Gasteiger partial charge in [-0.15, -0.1) is 0 Å². The number of halogens is 1. The molecule has 104 valence electrons. The average molecular weight is 393 g/mol. The van der Waals surface area contributed by atoms with Crippen LogP contribution in [0.5, 0.6) is 0 Å². The number of carbonyl (C=O) groups is 1. The van der Waals surface area contributed by atoms with Gasteiger partial charge in [0, 0.05) is 22.4 Å². The average Bonchev–Trinajstić information content (AvgIpc) is 2.38. The zero-order valence-corrected chi connectivity index (χ0v) is 13.4. The van der Waals surface area contributed by atoms with E-state index in [1.807, 2.05) is 17.8 Å². The molecule has 1 aromatic heterocycles. The minimum Gasteiger partial charge on any atom is -0.481 e. The minimum absolute atomic E-state index is 0.0578. The second-order valence-corrected chi connectivity index (χ2v) is 7.29. The summed E-state index contributed by atoms with van der Waals surface area (Å²) in [5.41, 5.74) is -0.703. The molecule has 0 radical (unpaired) electrons. The number of thioether (sulfide) groups is 1. The van der Waals surface area contributed by atoms with Crippen LogP contribution in [0.2, 0.25) is 0 Å². The first-order chi connectivity index (χ1) is 9.03. The van der Waals surface area contributed by atoms with Crippen LogP contribution in [-0.2, 0) is 11.3 Å². The normalized spacial score (nSPS) is 18.2. The molecule has 1 aromatic rings. The summed E-state index contributed by atoms with van der Waals surface area (Å²) >= 11 is 3.91. The second kappa shape index (κ2) is 6.30. The van der Waals surface area contributed by atoms with Crippen LogP contribution >= 0.6 is 34.4 Å². The third-order valence-electron chi connectivity index (χ3n) is 3.69. The minimum atomic E-state index is -0.716. The van der Waals surface area contributed by atoms with Gasteiger partial charge in [-0.25, -0.2) is 0 Å². The van der Waals surface area contributed by atoms with Crippen LogP contribution < -0.4 is 5.56 Å². The van der Waals surface area contributed by atoms with Crippen LogP contribution in [0, 0.1) is 8.99 Å². The largest absolute Gasteiger partial charge is 0.481 e. The maximum absolute atomic E-state index is 11.8. The molecule has 4 nitrogen and oxygen atoms in total. The summed E-state index contributed by atoms with van der Waals surface area (Å²) in [6.07, 6.45) is 3.68. The van der Waals surface area contributed by atoms with E-state index in [0.29, 0.717) is 25.8 Å². The molecule has 0 atom stereocenters. The summed E-state index contributed by atoms with van der Waals surface area (Å²) in [6.45, 7) is 0.479. The first-order valence-electron chi connectivity index (χ1n) is 6.21. The molecule has 19 heavy (non-hydrogen) atoms. The zero-order valence-electron chi connectivity index (χ0n) is 10.5. The summed E-state index contributed by atoms with van der Waals surface area (Å²) in [7, 11) is 0. The number of nitrogens with zero attached hydrogens (tertiary/aromatic N) is 1. The predicted octanol–water partition coefficient (Wildman–Crippen LogP) is 2.44. The Balaban J connectivity index is 2.11. The van der Waals surface area contributed by atoms with Crippen LogP contribution in [0.25, 0.3) is 0 Å². The van der Waals surface area contributed by atoms with Crippen molar-refractivity contribution in [2.45, 2.75) is 25.8 Å². The van der Waals surface area contributed by atoms with E-state index < -0.39 is 11.4 Å². The quantitative estimate of drug-likeness (QED) is 0.799. The van der Waals surface area contributed by atoms with Crippen molar-refractivity contribution in [3.8, 4) is 0 Å². The molecule has 0 aromatic carbocycles. The number of carboxylic acids is 1. The maximum atomic E-state index is 11.8. The number of hydrogen-bond acceptors (Lipinski definition) is 3. The molecule has 0 amide bonds. The van der Waals surface area contributed by atoms with Gasteiger partial charge < -0.3 is 9.67 Å². The van der Waals surface area contributed by atoms with Gasteiger partial charge in [-0.3, -0.25) is 9.59 Å². The number of rotatable bonds is 4. The van der Waals surface area contributed by atoms with E-state index in [1.54, 1.807) is 16.8 Å². The lowest BCUT2D eigenvalue weighted by atomic mass is 9.79. The Morgan fingerprint density at radius 3 is 2.74 bits per heavy atom. The highest BCUT2D eigenvalue weighted by Gasteiger charge is 2.39. The first-order valence-corrected chi connectivity index (χ1v) is 8.44. The predicted molar refractivity (Wildman–Crippen MR) is 84.7 cm³/mol. The molecule has 1 aliphatic heterocycles. The summed E-state index contributed by atoms with van der Waals surface area (Å²) in [4.78, 5) is 23.3. The molecular formula is C13H16INO3S.